The lowest BCUT2D eigenvalue weighted by atomic mass is 10.3. The first-order valence-corrected chi connectivity index (χ1v) is 7.30. The van der Waals surface area contributed by atoms with Crippen LogP contribution in [-0.2, 0) is 4.74 Å². The zero-order valence-electron chi connectivity index (χ0n) is 12.0. The van der Waals surface area contributed by atoms with E-state index in [4.69, 9.17) is 15.2 Å². The van der Waals surface area contributed by atoms with Gasteiger partial charge in [-0.1, -0.05) is 6.92 Å². The molecule has 1 rings (SSSR count). The highest BCUT2D eigenvalue weighted by atomic mass is 32.1. The van der Waals surface area contributed by atoms with E-state index in [0.29, 0.717) is 22.9 Å². The van der Waals surface area contributed by atoms with E-state index < -0.39 is 0 Å². The molecule has 0 saturated carbocycles. The van der Waals surface area contributed by atoms with Gasteiger partial charge in [0.1, 0.15) is 15.6 Å². The third-order valence-electron chi connectivity index (χ3n) is 2.71. The molecule has 5 nitrogen and oxygen atoms in total. The van der Waals surface area contributed by atoms with E-state index in [1.807, 2.05) is 0 Å². The van der Waals surface area contributed by atoms with Crippen LogP contribution < -0.4 is 15.4 Å². The Balaban J connectivity index is 3.17. The average Bonchev–Trinajstić information content (AvgIpc) is 2.73. The molecule has 0 bridgehead atoms. The van der Waals surface area contributed by atoms with Crippen molar-refractivity contribution in [3.63, 3.8) is 0 Å². The number of esters is 1. The van der Waals surface area contributed by atoms with Gasteiger partial charge in [0.05, 0.1) is 13.7 Å². The van der Waals surface area contributed by atoms with Gasteiger partial charge in [0, 0.05) is 13.1 Å². The maximum atomic E-state index is 11.8. The van der Waals surface area contributed by atoms with Crippen LogP contribution in [-0.4, -0.2) is 32.8 Å². The van der Waals surface area contributed by atoms with E-state index in [2.05, 4.69) is 18.7 Å². The van der Waals surface area contributed by atoms with Crippen molar-refractivity contribution >= 4 is 28.0 Å². The summed E-state index contributed by atoms with van der Waals surface area (Å²) >= 11 is 1.33. The molecule has 0 fully saturated rings. The van der Waals surface area contributed by atoms with Gasteiger partial charge in [-0.3, -0.25) is 0 Å². The molecule has 0 unspecified atom stereocenters. The van der Waals surface area contributed by atoms with Gasteiger partial charge in [-0.05, 0) is 20.3 Å². The quantitative estimate of drug-likeness (QED) is 0.781. The van der Waals surface area contributed by atoms with Crippen molar-refractivity contribution < 1.29 is 14.3 Å². The number of carbonyl (C=O) groups excluding carboxylic acids is 1. The molecule has 0 aromatic carbocycles. The van der Waals surface area contributed by atoms with Crippen molar-refractivity contribution in [1.82, 2.24) is 0 Å². The second-order valence-corrected chi connectivity index (χ2v) is 4.98. The number of thiophene rings is 1. The van der Waals surface area contributed by atoms with Gasteiger partial charge in [-0.15, -0.1) is 11.3 Å². The summed E-state index contributed by atoms with van der Waals surface area (Å²) < 4.78 is 10.4. The number of nitrogens with zero attached hydrogens (tertiary/aromatic N) is 1. The lowest BCUT2D eigenvalue weighted by molar-refractivity contribution is 0.0533. The van der Waals surface area contributed by atoms with E-state index in [1.54, 1.807) is 14.0 Å². The zero-order valence-corrected chi connectivity index (χ0v) is 12.8. The highest BCUT2D eigenvalue weighted by Gasteiger charge is 2.25. The van der Waals surface area contributed by atoms with Crippen LogP contribution >= 0.6 is 11.3 Å². The highest BCUT2D eigenvalue weighted by Crippen LogP contribution is 2.45. The molecule has 0 aliphatic carbocycles. The number of nitrogen functional groups attached to an aromatic ring is 1. The molecule has 19 heavy (non-hydrogen) atoms. The number of hydrogen-bond donors (Lipinski definition) is 1. The van der Waals surface area contributed by atoms with Crippen molar-refractivity contribution in [3.8, 4) is 5.75 Å². The van der Waals surface area contributed by atoms with Crippen LogP contribution in [0.2, 0.25) is 0 Å². The summed E-state index contributed by atoms with van der Waals surface area (Å²) in [5, 5.41) is 0.896. The Kier molecular flexibility index (Phi) is 5.95. The average molecular weight is 286 g/mol. The van der Waals surface area contributed by atoms with Crippen LogP contribution in [0.25, 0.3) is 0 Å². The minimum Gasteiger partial charge on any atom is -0.492 e. The number of anilines is 2. The van der Waals surface area contributed by atoms with Crippen molar-refractivity contribution in [1.29, 1.82) is 0 Å². The van der Waals surface area contributed by atoms with Gasteiger partial charge in [-0.25, -0.2) is 4.79 Å². The second kappa shape index (κ2) is 7.23. The SMILES string of the molecule is CCCN(CC)c1sc(C(=O)OCC)c(N)c1OC. The lowest BCUT2D eigenvalue weighted by Gasteiger charge is -2.21. The third kappa shape index (κ3) is 3.32. The number of ether oxygens (including phenoxy) is 2. The Labute approximate surface area is 118 Å². The van der Waals surface area contributed by atoms with Crippen LogP contribution in [0.15, 0.2) is 0 Å². The Bertz CT molecular complexity index is 432. The smallest absolute Gasteiger partial charge is 0.350 e. The fourth-order valence-corrected chi connectivity index (χ4v) is 3.02. The fraction of sp³-hybridized carbons (Fsp3) is 0.615. The molecule has 1 aromatic heterocycles. The van der Waals surface area contributed by atoms with E-state index in [9.17, 15) is 4.79 Å². The zero-order chi connectivity index (χ0) is 14.4. The molecule has 0 radical (unpaired) electrons. The molecule has 0 amide bonds. The molecule has 0 aliphatic heterocycles. The van der Waals surface area contributed by atoms with Gasteiger partial charge in [0.15, 0.2) is 5.75 Å². The molecule has 6 heteroatoms. The van der Waals surface area contributed by atoms with Crippen LogP contribution in [0.1, 0.15) is 36.9 Å². The van der Waals surface area contributed by atoms with Gasteiger partial charge < -0.3 is 20.1 Å². The Hall–Kier alpha value is -1.43. The number of carbonyl (C=O) groups is 1. The van der Waals surface area contributed by atoms with E-state index in [0.717, 1.165) is 24.5 Å². The summed E-state index contributed by atoms with van der Waals surface area (Å²) in [4.78, 5) is 14.4. The summed E-state index contributed by atoms with van der Waals surface area (Å²) in [7, 11) is 1.57. The Morgan fingerprint density at radius 2 is 2.05 bits per heavy atom. The predicted octanol–water partition coefficient (Wildman–Crippen LogP) is 2.75. The van der Waals surface area contributed by atoms with Crippen LogP contribution in [0.4, 0.5) is 10.7 Å². The van der Waals surface area contributed by atoms with E-state index in [-0.39, 0.29) is 5.97 Å². The topological polar surface area (TPSA) is 64.8 Å². The van der Waals surface area contributed by atoms with Crippen LogP contribution in [0, 0.1) is 0 Å². The summed E-state index contributed by atoms with van der Waals surface area (Å²) in [5.74, 6) is 0.186. The molecule has 0 aliphatic rings. The number of nitrogens with two attached hydrogens (primary N) is 1. The normalized spacial score (nSPS) is 10.3. The summed E-state index contributed by atoms with van der Waals surface area (Å²) in [6.07, 6.45) is 1.02. The Morgan fingerprint density at radius 3 is 2.53 bits per heavy atom. The molecule has 108 valence electrons. The summed E-state index contributed by atoms with van der Waals surface area (Å²) in [5.41, 5.74) is 6.36. The Morgan fingerprint density at radius 1 is 1.37 bits per heavy atom. The molecular formula is C13H22N2O3S. The molecule has 0 spiro atoms. The minimum atomic E-state index is -0.387. The van der Waals surface area contributed by atoms with Gasteiger partial charge in [0.25, 0.3) is 0 Å². The van der Waals surface area contributed by atoms with E-state index >= 15 is 0 Å². The molecule has 0 atom stereocenters. The third-order valence-corrected chi connectivity index (χ3v) is 3.94. The van der Waals surface area contributed by atoms with Crippen molar-refractivity contribution in [2.75, 3.05) is 37.4 Å². The molecule has 1 heterocycles. The highest BCUT2D eigenvalue weighted by molar-refractivity contribution is 7.19. The monoisotopic (exact) mass is 286 g/mol. The first-order chi connectivity index (χ1) is 9.10. The number of rotatable bonds is 7. The van der Waals surface area contributed by atoms with Crippen molar-refractivity contribution in [2.45, 2.75) is 27.2 Å². The molecule has 1 aromatic rings. The minimum absolute atomic E-state index is 0.334. The second-order valence-electron chi connectivity index (χ2n) is 3.98. The number of hydrogen-bond acceptors (Lipinski definition) is 6. The van der Waals surface area contributed by atoms with Gasteiger partial charge >= 0.3 is 5.97 Å². The molecular weight excluding hydrogens is 264 g/mol. The summed E-state index contributed by atoms with van der Waals surface area (Å²) in [6, 6.07) is 0. The standard InChI is InChI=1S/C13H22N2O3S/c1-5-8-15(6-2)12-10(17-4)9(14)11(19-12)13(16)18-7-3/h5-8,14H2,1-4H3. The van der Waals surface area contributed by atoms with Crippen LogP contribution in [0.3, 0.4) is 0 Å². The van der Waals surface area contributed by atoms with Crippen molar-refractivity contribution in [3.05, 3.63) is 4.88 Å². The van der Waals surface area contributed by atoms with Gasteiger partial charge in [-0.2, -0.15) is 0 Å². The first kappa shape index (κ1) is 15.6. The fourth-order valence-electron chi connectivity index (χ4n) is 1.84. The summed E-state index contributed by atoms with van der Waals surface area (Å²) in [6.45, 7) is 8.02. The van der Waals surface area contributed by atoms with E-state index in [1.165, 1.54) is 11.3 Å². The molecule has 2 N–H and O–H groups in total. The lowest BCUT2D eigenvalue weighted by Crippen LogP contribution is -2.22. The first-order valence-electron chi connectivity index (χ1n) is 6.48. The molecule has 0 saturated heterocycles. The predicted molar refractivity (Wildman–Crippen MR) is 79.4 cm³/mol. The maximum absolute atomic E-state index is 11.8. The van der Waals surface area contributed by atoms with Crippen LogP contribution in [0.5, 0.6) is 5.75 Å². The van der Waals surface area contributed by atoms with Gasteiger partial charge in [0.2, 0.25) is 0 Å². The maximum Gasteiger partial charge on any atom is 0.350 e. The number of methoxy groups -OCH3 is 1. The van der Waals surface area contributed by atoms with Crippen molar-refractivity contribution in [2.24, 2.45) is 0 Å². The largest absolute Gasteiger partial charge is 0.492 e.